The van der Waals surface area contributed by atoms with Crippen molar-refractivity contribution in [1.82, 2.24) is 4.90 Å². The first-order valence-corrected chi connectivity index (χ1v) is 7.81. The lowest BCUT2D eigenvalue weighted by atomic mass is 9.99. The van der Waals surface area contributed by atoms with Gasteiger partial charge >= 0.3 is 0 Å². The second kappa shape index (κ2) is 7.33. The van der Waals surface area contributed by atoms with Gasteiger partial charge in [0.25, 0.3) is 5.91 Å². The van der Waals surface area contributed by atoms with E-state index in [1.165, 1.54) is 0 Å². The number of nitrogens with zero attached hydrogens (tertiary/aromatic N) is 2. The number of anilines is 1. The van der Waals surface area contributed by atoms with E-state index < -0.39 is 5.91 Å². The Morgan fingerprint density at radius 1 is 1.45 bits per heavy atom. The van der Waals surface area contributed by atoms with E-state index in [9.17, 15) is 10.1 Å². The monoisotopic (exact) mass is 317 g/mol. The van der Waals surface area contributed by atoms with E-state index in [0.717, 1.165) is 31.5 Å². The number of halogens is 1. The quantitative estimate of drug-likeness (QED) is 0.682. The third-order valence-corrected chi connectivity index (χ3v) is 4.42. The molecule has 1 aromatic rings. The largest absolute Gasteiger partial charge is 0.376 e. The van der Waals surface area contributed by atoms with Gasteiger partial charge in [0.05, 0.1) is 0 Å². The average molecular weight is 318 g/mol. The van der Waals surface area contributed by atoms with E-state index in [0.29, 0.717) is 16.6 Å². The van der Waals surface area contributed by atoms with Crippen molar-refractivity contribution in [2.75, 3.05) is 18.4 Å². The smallest absolute Gasteiger partial charge is 0.267 e. The first kappa shape index (κ1) is 16.4. The van der Waals surface area contributed by atoms with Crippen molar-refractivity contribution >= 4 is 23.2 Å². The number of carbonyl (C=O) groups excluding carboxylic acids is 1. The summed E-state index contributed by atoms with van der Waals surface area (Å²) in [6.45, 7) is 5.83. The highest BCUT2D eigenvalue weighted by molar-refractivity contribution is 6.31. The summed E-state index contributed by atoms with van der Waals surface area (Å²) in [6.07, 6.45) is 3.84. The number of nitriles is 1. The summed E-state index contributed by atoms with van der Waals surface area (Å²) in [6, 6.07) is 7.30. The molecule has 5 heteroatoms. The molecule has 1 N–H and O–H groups in total. The highest BCUT2D eigenvalue weighted by Gasteiger charge is 2.17. The lowest BCUT2D eigenvalue weighted by Crippen LogP contribution is -2.29. The Bertz CT molecular complexity index is 625. The molecular weight excluding hydrogens is 298 g/mol. The summed E-state index contributed by atoms with van der Waals surface area (Å²) in [7, 11) is 0. The summed E-state index contributed by atoms with van der Waals surface area (Å²) in [5.74, 6) is 0.310. The molecule has 0 atom stereocenters. The predicted molar refractivity (Wildman–Crippen MR) is 88.5 cm³/mol. The van der Waals surface area contributed by atoms with Crippen molar-refractivity contribution in [1.29, 1.82) is 5.26 Å². The van der Waals surface area contributed by atoms with Crippen molar-refractivity contribution in [2.24, 2.45) is 5.92 Å². The number of hydrogen-bond donors (Lipinski definition) is 1. The van der Waals surface area contributed by atoms with E-state index in [1.807, 2.05) is 17.9 Å². The van der Waals surface area contributed by atoms with Gasteiger partial charge in [-0.1, -0.05) is 24.6 Å². The molecule has 4 nitrogen and oxygen atoms in total. The molecule has 1 heterocycles. The van der Waals surface area contributed by atoms with Gasteiger partial charge in [-0.3, -0.25) is 4.79 Å². The van der Waals surface area contributed by atoms with E-state index in [-0.39, 0.29) is 5.57 Å². The summed E-state index contributed by atoms with van der Waals surface area (Å²) < 4.78 is 0. The number of likely N-dealkylation sites (tertiary alicyclic amines) is 1. The molecule has 116 valence electrons. The molecule has 0 saturated carbocycles. The molecule has 0 spiro atoms. The predicted octanol–water partition coefficient (Wildman–Crippen LogP) is 3.73. The molecule has 0 unspecified atom stereocenters. The normalized spacial score (nSPS) is 16.3. The zero-order chi connectivity index (χ0) is 16.1. The molecule has 1 saturated heterocycles. The van der Waals surface area contributed by atoms with Crippen LogP contribution in [0.25, 0.3) is 0 Å². The summed E-state index contributed by atoms with van der Waals surface area (Å²) in [5, 5.41) is 12.6. The molecule has 22 heavy (non-hydrogen) atoms. The SMILES string of the molecule is Cc1c(Cl)cccc1NC(=O)/C(C#N)=C\N1CCC(C)CC1. The van der Waals surface area contributed by atoms with Gasteiger partial charge in [-0.15, -0.1) is 0 Å². The van der Waals surface area contributed by atoms with Crippen LogP contribution in [0.4, 0.5) is 5.69 Å². The number of benzene rings is 1. The number of carbonyl (C=O) groups is 1. The lowest BCUT2D eigenvalue weighted by molar-refractivity contribution is -0.112. The van der Waals surface area contributed by atoms with Crippen LogP contribution in [0, 0.1) is 24.2 Å². The number of amides is 1. The Morgan fingerprint density at radius 2 is 2.14 bits per heavy atom. The summed E-state index contributed by atoms with van der Waals surface area (Å²) in [5.41, 5.74) is 1.54. The maximum atomic E-state index is 12.3. The lowest BCUT2D eigenvalue weighted by Gasteiger charge is -2.29. The van der Waals surface area contributed by atoms with Crippen LogP contribution >= 0.6 is 11.6 Å². The fourth-order valence-corrected chi connectivity index (χ4v) is 2.59. The van der Waals surface area contributed by atoms with E-state index in [4.69, 9.17) is 11.6 Å². The zero-order valence-corrected chi connectivity index (χ0v) is 13.7. The fourth-order valence-electron chi connectivity index (χ4n) is 2.41. The summed E-state index contributed by atoms with van der Waals surface area (Å²) >= 11 is 6.04. The van der Waals surface area contributed by atoms with E-state index >= 15 is 0 Å². The second-order valence-corrected chi connectivity index (χ2v) is 6.15. The Balaban J connectivity index is 2.09. The van der Waals surface area contributed by atoms with Gasteiger partial charge < -0.3 is 10.2 Å². The molecule has 1 aliphatic rings. The molecule has 0 bridgehead atoms. The molecule has 0 aliphatic carbocycles. The minimum atomic E-state index is -0.397. The molecule has 2 rings (SSSR count). The third-order valence-electron chi connectivity index (χ3n) is 4.01. The molecule has 1 aromatic carbocycles. The Labute approximate surface area is 136 Å². The number of nitrogens with one attached hydrogen (secondary N) is 1. The van der Waals surface area contributed by atoms with Crippen LogP contribution in [0.3, 0.4) is 0 Å². The zero-order valence-electron chi connectivity index (χ0n) is 12.9. The van der Waals surface area contributed by atoms with Gasteiger partial charge in [-0.05, 0) is 43.4 Å². The van der Waals surface area contributed by atoms with Crippen LogP contribution < -0.4 is 5.32 Å². The van der Waals surface area contributed by atoms with Gasteiger partial charge in [-0.2, -0.15) is 5.26 Å². The number of hydrogen-bond acceptors (Lipinski definition) is 3. The third kappa shape index (κ3) is 4.02. The highest BCUT2D eigenvalue weighted by atomic mass is 35.5. The molecule has 1 fully saturated rings. The minimum absolute atomic E-state index is 0.119. The van der Waals surface area contributed by atoms with Crippen molar-refractivity contribution in [3.8, 4) is 6.07 Å². The highest BCUT2D eigenvalue weighted by Crippen LogP contribution is 2.23. The van der Waals surface area contributed by atoms with Gasteiger partial charge in [0.2, 0.25) is 0 Å². The maximum absolute atomic E-state index is 12.3. The van der Waals surface area contributed by atoms with Crippen molar-refractivity contribution < 1.29 is 4.79 Å². The molecule has 1 aliphatic heterocycles. The van der Waals surface area contributed by atoms with E-state index in [1.54, 1.807) is 24.4 Å². The van der Waals surface area contributed by atoms with Crippen LogP contribution in [0.5, 0.6) is 0 Å². The molecule has 0 aromatic heterocycles. The first-order chi connectivity index (χ1) is 10.5. The Hall–Kier alpha value is -1.99. The first-order valence-electron chi connectivity index (χ1n) is 7.43. The van der Waals surface area contributed by atoms with Gasteiger partial charge in [0.1, 0.15) is 11.6 Å². The molecule has 1 amide bonds. The van der Waals surface area contributed by atoms with Crippen LogP contribution in [0.1, 0.15) is 25.3 Å². The van der Waals surface area contributed by atoms with Crippen molar-refractivity contribution in [3.05, 3.63) is 40.6 Å². The second-order valence-electron chi connectivity index (χ2n) is 5.74. The van der Waals surface area contributed by atoms with Gasteiger partial charge in [0, 0.05) is 30.0 Å². The van der Waals surface area contributed by atoms with E-state index in [2.05, 4.69) is 12.2 Å². The molecule has 0 radical (unpaired) electrons. The standard InChI is InChI=1S/C17H20ClN3O/c1-12-6-8-21(9-7-12)11-14(10-19)17(22)20-16-5-3-4-15(18)13(16)2/h3-5,11-12H,6-9H2,1-2H3,(H,20,22)/b14-11-. The average Bonchev–Trinajstić information content (AvgIpc) is 2.51. The van der Waals surface area contributed by atoms with Crippen LogP contribution in [0.2, 0.25) is 5.02 Å². The Morgan fingerprint density at radius 3 is 2.77 bits per heavy atom. The van der Waals surface area contributed by atoms with Gasteiger partial charge in [0.15, 0.2) is 0 Å². The summed E-state index contributed by atoms with van der Waals surface area (Å²) in [4.78, 5) is 14.3. The van der Waals surface area contributed by atoms with Crippen LogP contribution in [0.15, 0.2) is 30.0 Å². The maximum Gasteiger partial charge on any atom is 0.267 e. The van der Waals surface area contributed by atoms with Crippen molar-refractivity contribution in [2.45, 2.75) is 26.7 Å². The molecular formula is C17H20ClN3O. The minimum Gasteiger partial charge on any atom is -0.376 e. The number of rotatable bonds is 3. The van der Waals surface area contributed by atoms with Crippen LogP contribution in [-0.4, -0.2) is 23.9 Å². The fraction of sp³-hybridized carbons (Fsp3) is 0.412. The number of piperidine rings is 1. The van der Waals surface area contributed by atoms with Crippen molar-refractivity contribution in [3.63, 3.8) is 0 Å². The Kier molecular flexibility index (Phi) is 5.46. The van der Waals surface area contributed by atoms with Crippen LogP contribution in [-0.2, 0) is 4.79 Å². The van der Waals surface area contributed by atoms with Gasteiger partial charge in [-0.25, -0.2) is 0 Å². The topological polar surface area (TPSA) is 56.1 Å².